The van der Waals surface area contributed by atoms with E-state index in [9.17, 15) is 4.39 Å². The van der Waals surface area contributed by atoms with Crippen LogP contribution in [0, 0.1) is 12.7 Å². The third-order valence-corrected chi connectivity index (χ3v) is 3.37. The molecule has 0 atom stereocenters. The molecule has 0 heterocycles. The van der Waals surface area contributed by atoms with Gasteiger partial charge in [0.2, 0.25) is 0 Å². The van der Waals surface area contributed by atoms with Gasteiger partial charge >= 0.3 is 0 Å². The van der Waals surface area contributed by atoms with Crippen LogP contribution in [0.25, 0.3) is 0 Å². The van der Waals surface area contributed by atoms with E-state index in [1.165, 1.54) is 17.7 Å². The molecule has 0 fully saturated rings. The Hall–Kier alpha value is -1.55. The van der Waals surface area contributed by atoms with Gasteiger partial charge < -0.3 is 10.1 Å². The number of para-hydroxylation sites is 1. The summed E-state index contributed by atoms with van der Waals surface area (Å²) in [5.41, 5.74) is 2.28. The lowest BCUT2D eigenvalue weighted by Gasteiger charge is -2.11. The summed E-state index contributed by atoms with van der Waals surface area (Å²) in [6.45, 7) is 3.18. The molecule has 0 bridgehead atoms. The highest BCUT2D eigenvalue weighted by Gasteiger charge is 2.02. The van der Waals surface area contributed by atoms with Crippen LogP contribution in [0.2, 0.25) is 0 Å². The zero-order chi connectivity index (χ0) is 13.7. The van der Waals surface area contributed by atoms with Crippen LogP contribution < -0.4 is 10.1 Å². The van der Waals surface area contributed by atoms with Gasteiger partial charge in [0, 0.05) is 18.3 Å². The quantitative estimate of drug-likeness (QED) is 0.824. The minimum absolute atomic E-state index is 0.301. The van der Waals surface area contributed by atoms with Crippen molar-refractivity contribution in [1.29, 1.82) is 0 Å². The smallest absolute Gasteiger partial charge is 0.136 e. The van der Waals surface area contributed by atoms with Crippen molar-refractivity contribution in [2.45, 2.75) is 6.92 Å². The number of rotatable bonds is 5. The summed E-state index contributed by atoms with van der Waals surface area (Å²) >= 11 is 3.33. The molecule has 2 aromatic rings. The number of nitrogens with one attached hydrogen (secondary N) is 1. The minimum atomic E-state index is -0.301. The van der Waals surface area contributed by atoms with E-state index in [0.717, 1.165) is 10.2 Å². The molecule has 4 heteroatoms. The zero-order valence-electron chi connectivity index (χ0n) is 10.6. The Morgan fingerprint density at radius 3 is 2.79 bits per heavy atom. The van der Waals surface area contributed by atoms with E-state index >= 15 is 0 Å². The average molecular weight is 324 g/mol. The first-order valence-electron chi connectivity index (χ1n) is 6.04. The van der Waals surface area contributed by atoms with E-state index in [1.54, 1.807) is 6.07 Å². The molecule has 2 rings (SSSR count). The molecule has 19 heavy (non-hydrogen) atoms. The number of benzene rings is 2. The minimum Gasteiger partial charge on any atom is -0.490 e. The number of hydrogen-bond donors (Lipinski definition) is 1. The van der Waals surface area contributed by atoms with Crippen molar-refractivity contribution in [3.63, 3.8) is 0 Å². The second kappa shape index (κ2) is 6.57. The van der Waals surface area contributed by atoms with Crippen molar-refractivity contribution < 1.29 is 9.13 Å². The Balaban J connectivity index is 1.84. The lowest BCUT2D eigenvalue weighted by Crippen LogP contribution is -2.12. The highest BCUT2D eigenvalue weighted by Crippen LogP contribution is 2.25. The maximum absolute atomic E-state index is 13.1. The van der Waals surface area contributed by atoms with Gasteiger partial charge in [0.25, 0.3) is 0 Å². The van der Waals surface area contributed by atoms with Crippen LogP contribution in [0.1, 0.15) is 5.56 Å². The molecule has 0 unspecified atom stereocenters. The van der Waals surface area contributed by atoms with E-state index < -0.39 is 0 Å². The van der Waals surface area contributed by atoms with E-state index in [2.05, 4.69) is 21.2 Å². The van der Waals surface area contributed by atoms with Crippen LogP contribution in [0.5, 0.6) is 5.75 Å². The van der Waals surface area contributed by atoms with Gasteiger partial charge in [-0.2, -0.15) is 0 Å². The SMILES string of the molecule is Cc1ccccc1NCCOc1cc(F)ccc1Br. The third kappa shape index (κ3) is 3.96. The molecule has 0 aromatic heterocycles. The Morgan fingerprint density at radius 2 is 2.00 bits per heavy atom. The van der Waals surface area contributed by atoms with Gasteiger partial charge in [0.05, 0.1) is 4.47 Å². The fourth-order valence-corrected chi connectivity index (χ4v) is 2.07. The predicted octanol–water partition coefficient (Wildman–Crippen LogP) is 4.39. The average Bonchev–Trinajstić information content (AvgIpc) is 2.40. The fourth-order valence-electron chi connectivity index (χ4n) is 1.71. The van der Waals surface area contributed by atoms with E-state index in [1.807, 2.05) is 31.2 Å². The number of aryl methyl sites for hydroxylation is 1. The first-order chi connectivity index (χ1) is 9.16. The topological polar surface area (TPSA) is 21.3 Å². The summed E-state index contributed by atoms with van der Waals surface area (Å²) in [4.78, 5) is 0. The second-order valence-electron chi connectivity index (χ2n) is 4.16. The standard InChI is InChI=1S/C15H15BrFNO/c1-11-4-2-3-5-14(11)18-8-9-19-15-10-12(17)6-7-13(15)16/h2-7,10,18H,8-9H2,1H3. The molecule has 2 aromatic carbocycles. The van der Waals surface area contributed by atoms with Gasteiger partial charge in [0.1, 0.15) is 18.2 Å². The Morgan fingerprint density at radius 1 is 1.21 bits per heavy atom. The van der Waals surface area contributed by atoms with Crippen molar-refractivity contribution in [2.24, 2.45) is 0 Å². The van der Waals surface area contributed by atoms with E-state index in [0.29, 0.717) is 18.9 Å². The third-order valence-electron chi connectivity index (χ3n) is 2.71. The van der Waals surface area contributed by atoms with E-state index in [-0.39, 0.29) is 5.82 Å². The number of hydrogen-bond acceptors (Lipinski definition) is 2. The van der Waals surface area contributed by atoms with Crippen LogP contribution in [-0.2, 0) is 0 Å². The van der Waals surface area contributed by atoms with Crippen molar-refractivity contribution >= 4 is 21.6 Å². The Kier molecular flexibility index (Phi) is 4.80. The maximum atomic E-state index is 13.1. The van der Waals surface area contributed by atoms with Crippen molar-refractivity contribution in [2.75, 3.05) is 18.5 Å². The largest absolute Gasteiger partial charge is 0.490 e. The van der Waals surface area contributed by atoms with Gasteiger partial charge in [-0.25, -0.2) is 4.39 Å². The van der Waals surface area contributed by atoms with Gasteiger partial charge in [-0.1, -0.05) is 18.2 Å². The highest BCUT2D eigenvalue weighted by atomic mass is 79.9. The zero-order valence-corrected chi connectivity index (χ0v) is 12.2. The monoisotopic (exact) mass is 323 g/mol. The molecule has 0 saturated heterocycles. The normalized spacial score (nSPS) is 10.3. The molecular formula is C15H15BrFNO. The van der Waals surface area contributed by atoms with E-state index in [4.69, 9.17) is 4.74 Å². The second-order valence-corrected chi connectivity index (χ2v) is 5.02. The summed E-state index contributed by atoms with van der Waals surface area (Å²) in [6.07, 6.45) is 0. The summed E-state index contributed by atoms with van der Waals surface area (Å²) in [7, 11) is 0. The number of ether oxygens (including phenoxy) is 1. The molecule has 0 aliphatic rings. The molecule has 0 amide bonds. The van der Waals surface area contributed by atoms with Crippen LogP contribution in [0.3, 0.4) is 0 Å². The van der Waals surface area contributed by atoms with Gasteiger partial charge in [-0.3, -0.25) is 0 Å². The lowest BCUT2D eigenvalue weighted by molar-refractivity contribution is 0.329. The van der Waals surface area contributed by atoms with Gasteiger partial charge in [0.15, 0.2) is 0 Å². The number of anilines is 1. The molecule has 1 N–H and O–H groups in total. The van der Waals surface area contributed by atoms with Crippen LogP contribution in [0.4, 0.5) is 10.1 Å². The van der Waals surface area contributed by atoms with Crippen LogP contribution >= 0.6 is 15.9 Å². The van der Waals surface area contributed by atoms with Crippen molar-refractivity contribution in [1.82, 2.24) is 0 Å². The highest BCUT2D eigenvalue weighted by molar-refractivity contribution is 9.10. The molecule has 100 valence electrons. The summed E-state index contributed by atoms with van der Waals surface area (Å²) in [6, 6.07) is 12.5. The van der Waals surface area contributed by atoms with Crippen molar-refractivity contribution in [3.05, 3.63) is 58.3 Å². The molecular weight excluding hydrogens is 309 g/mol. The number of halogens is 2. The summed E-state index contributed by atoms with van der Waals surface area (Å²) in [5.74, 6) is 0.219. The molecule has 0 spiro atoms. The molecule has 0 saturated carbocycles. The molecule has 0 aliphatic carbocycles. The fraction of sp³-hybridized carbons (Fsp3) is 0.200. The summed E-state index contributed by atoms with van der Waals surface area (Å²) < 4.78 is 19.3. The Labute approximate surface area is 120 Å². The van der Waals surface area contributed by atoms with Crippen LogP contribution in [-0.4, -0.2) is 13.2 Å². The van der Waals surface area contributed by atoms with Gasteiger partial charge in [-0.05, 0) is 46.6 Å². The summed E-state index contributed by atoms with van der Waals surface area (Å²) in [5, 5.41) is 3.28. The molecule has 0 aliphatic heterocycles. The Bertz CT molecular complexity index is 560. The van der Waals surface area contributed by atoms with Gasteiger partial charge in [-0.15, -0.1) is 0 Å². The maximum Gasteiger partial charge on any atom is 0.136 e. The van der Waals surface area contributed by atoms with Crippen LogP contribution in [0.15, 0.2) is 46.9 Å². The lowest BCUT2D eigenvalue weighted by atomic mass is 10.2. The van der Waals surface area contributed by atoms with Crippen molar-refractivity contribution in [3.8, 4) is 5.75 Å². The first-order valence-corrected chi connectivity index (χ1v) is 6.83. The molecule has 2 nitrogen and oxygen atoms in total. The molecule has 0 radical (unpaired) electrons. The predicted molar refractivity (Wildman–Crippen MR) is 79.3 cm³/mol. The first kappa shape index (κ1) is 13.9.